The van der Waals surface area contributed by atoms with Gasteiger partial charge in [0, 0.05) is 30.7 Å². The molecule has 0 aromatic carbocycles. The van der Waals surface area contributed by atoms with Crippen molar-refractivity contribution in [1.29, 1.82) is 0 Å². The van der Waals surface area contributed by atoms with Crippen molar-refractivity contribution in [2.75, 3.05) is 32.4 Å². The van der Waals surface area contributed by atoms with Crippen LogP contribution in [0, 0.1) is 6.92 Å². The van der Waals surface area contributed by atoms with Gasteiger partial charge in [0.15, 0.2) is 0 Å². The molecule has 0 saturated carbocycles. The van der Waals surface area contributed by atoms with E-state index in [0.717, 1.165) is 11.3 Å². The zero-order valence-electron chi connectivity index (χ0n) is 10.6. The van der Waals surface area contributed by atoms with Crippen LogP contribution in [-0.4, -0.2) is 48.3 Å². The molecule has 1 saturated heterocycles. The van der Waals surface area contributed by atoms with Crippen LogP contribution in [0.15, 0.2) is 6.07 Å². The number of hydrogen-bond donors (Lipinski definition) is 1. The fourth-order valence-corrected chi connectivity index (χ4v) is 2.83. The number of nitrogens with zero attached hydrogens (tertiary/aromatic N) is 2. The number of nitrogens with two attached hydrogens (primary N) is 1. The highest BCUT2D eigenvalue weighted by atomic mass is 32.1. The molecule has 0 spiro atoms. The van der Waals surface area contributed by atoms with E-state index in [1.165, 1.54) is 11.3 Å². The first-order valence-corrected chi connectivity index (χ1v) is 6.70. The molecule has 6 heteroatoms. The van der Waals surface area contributed by atoms with Crippen LogP contribution in [-0.2, 0) is 4.79 Å². The molecule has 1 aromatic heterocycles. The monoisotopic (exact) mass is 267 g/mol. The Labute approximate surface area is 110 Å². The van der Waals surface area contributed by atoms with Crippen LogP contribution in [0.1, 0.15) is 21.0 Å². The molecule has 18 heavy (non-hydrogen) atoms. The fourth-order valence-electron chi connectivity index (χ4n) is 1.92. The summed E-state index contributed by atoms with van der Waals surface area (Å²) in [7, 11) is 1.77. The highest BCUT2D eigenvalue weighted by Crippen LogP contribution is 2.25. The van der Waals surface area contributed by atoms with Crippen molar-refractivity contribution < 1.29 is 9.59 Å². The van der Waals surface area contributed by atoms with Crippen molar-refractivity contribution >= 4 is 28.8 Å². The lowest BCUT2D eigenvalue weighted by Gasteiger charge is -2.18. The molecule has 98 valence electrons. The third-order valence-electron chi connectivity index (χ3n) is 3.13. The predicted molar refractivity (Wildman–Crippen MR) is 71.6 cm³/mol. The molecule has 1 aliphatic heterocycles. The summed E-state index contributed by atoms with van der Waals surface area (Å²) in [5.41, 5.74) is 6.39. The summed E-state index contributed by atoms with van der Waals surface area (Å²) in [6.45, 7) is 3.37. The van der Waals surface area contributed by atoms with E-state index >= 15 is 0 Å². The van der Waals surface area contributed by atoms with Gasteiger partial charge in [0.2, 0.25) is 5.91 Å². The van der Waals surface area contributed by atoms with E-state index in [1.807, 2.05) is 6.92 Å². The van der Waals surface area contributed by atoms with E-state index < -0.39 is 0 Å². The van der Waals surface area contributed by atoms with Gasteiger partial charge < -0.3 is 15.5 Å². The summed E-state index contributed by atoms with van der Waals surface area (Å²) < 4.78 is 0. The molecule has 5 nitrogen and oxygen atoms in total. The lowest BCUT2D eigenvalue weighted by Crippen LogP contribution is -2.37. The van der Waals surface area contributed by atoms with Crippen LogP contribution in [0.4, 0.5) is 5.69 Å². The molecule has 2 amide bonds. The van der Waals surface area contributed by atoms with E-state index in [0.29, 0.717) is 23.7 Å². The molecule has 2 N–H and O–H groups in total. The molecule has 2 heterocycles. The first-order chi connectivity index (χ1) is 8.49. The number of anilines is 1. The summed E-state index contributed by atoms with van der Waals surface area (Å²) >= 11 is 1.38. The molecular formula is C12H17N3O2S. The number of rotatable bonds is 1. The van der Waals surface area contributed by atoms with Crippen LogP contribution >= 0.6 is 11.3 Å². The summed E-state index contributed by atoms with van der Waals surface area (Å²) in [6.07, 6.45) is 0.813. The number of amides is 2. The van der Waals surface area contributed by atoms with Gasteiger partial charge in [-0.25, -0.2) is 0 Å². The van der Waals surface area contributed by atoms with Gasteiger partial charge in [-0.1, -0.05) is 0 Å². The van der Waals surface area contributed by atoms with Gasteiger partial charge in [-0.2, -0.15) is 0 Å². The zero-order chi connectivity index (χ0) is 13.3. The maximum Gasteiger partial charge on any atom is 0.264 e. The minimum Gasteiger partial charge on any atom is -0.398 e. The first kappa shape index (κ1) is 12.9. The minimum absolute atomic E-state index is 0.0119. The Hall–Kier alpha value is -1.56. The standard InChI is InChI=1S/C12H17N3O2S/c1-8-9(13)6-10(18-8)12(17)15-5-3-4-14(2)11(16)7-15/h6H,3-5,7,13H2,1-2H3. The first-order valence-electron chi connectivity index (χ1n) is 5.88. The van der Waals surface area contributed by atoms with Crippen LogP contribution in [0.25, 0.3) is 0 Å². The summed E-state index contributed by atoms with van der Waals surface area (Å²) in [6, 6.07) is 1.70. The van der Waals surface area contributed by atoms with E-state index in [-0.39, 0.29) is 18.4 Å². The van der Waals surface area contributed by atoms with Gasteiger partial charge in [0.05, 0.1) is 4.88 Å². The van der Waals surface area contributed by atoms with Crippen molar-refractivity contribution in [3.05, 3.63) is 15.8 Å². The average molecular weight is 267 g/mol. The second-order valence-corrected chi connectivity index (χ2v) is 5.77. The predicted octanol–water partition coefficient (Wildman–Crippen LogP) is 0.943. The molecule has 0 radical (unpaired) electrons. The highest BCUT2D eigenvalue weighted by Gasteiger charge is 2.24. The smallest absolute Gasteiger partial charge is 0.264 e. The Morgan fingerprint density at radius 3 is 2.78 bits per heavy atom. The van der Waals surface area contributed by atoms with Crippen molar-refractivity contribution in [3.8, 4) is 0 Å². The molecule has 0 bridgehead atoms. The van der Waals surface area contributed by atoms with Gasteiger partial charge in [0.1, 0.15) is 6.54 Å². The maximum atomic E-state index is 12.3. The van der Waals surface area contributed by atoms with Gasteiger partial charge in [-0.05, 0) is 19.4 Å². The Balaban J connectivity index is 2.15. The molecule has 2 rings (SSSR count). The van der Waals surface area contributed by atoms with Crippen molar-refractivity contribution in [2.24, 2.45) is 0 Å². The molecular weight excluding hydrogens is 250 g/mol. The van der Waals surface area contributed by atoms with Crippen molar-refractivity contribution in [3.63, 3.8) is 0 Å². The second kappa shape index (κ2) is 4.97. The number of aryl methyl sites for hydroxylation is 1. The van der Waals surface area contributed by atoms with Crippen LogP contribution in [0.3, 0.4) is 0 Å². The van der Waals surface area contributed by atoms with Gasteiger partial charge in [-0.3, -0.25) is 9.59 Å². The summed E-state index contributed by atoms with van der Waals surface area (Å²) in [5.74, 6) is -0.106. The Morgan fingerprint density at radius 2 is 2.17 bits per heavy atom. The SMILES string of the molecule is Cc1sc(C(=O)N2CCCN(C)C(=O)C2)cc1N. The third-order valence-corrected chi connectivity index (χ3v) is 4.18. The lowest BCUT2D eigenvalue weighted by molar-refractivity contribution is -0.129. The van der Waals surface area contributed by atoms with Crippen molar-refractivity contribution in [2.45, 2.75) is 13.3 Å². The second-order valence-electron chi connectivity index (χ2n) is 4.52. The quantitative estimate of drug-likeness (QED) is 0.823. The van der Waals surface area contributed by atoms with E-state index in [1.54, 1.807) is 22.9 Å². The fraction of sp³-hybridized carbons (Fsp3) is 0.500. The molecule has 0 aliphatic carbocycles. The zero-order valence-corrected chi connectivity index (χ0v) is 11.4. The summed E-state index contributed by atoms with van der Waals surface area (Å²) in [5, 5.41) is 0. The van der Waals surface area contributed by atoms with Crippen LogP contribution in [0.2, 0.25) is 0 Å². The number of hydrogen-bond acceptors (Lipinski definition) is 4. The van der Waals surface area contributed by atoms with Crippen LogP contribution < -0.4 is 5.73 Å². The largest absolute Gasteiger partial charge is 0.398 e. The maximum absolute atomic E-state index is 12.3. The number of nitrogen functional groups attached to an aromatic ring is 1. The molecule has 1 aromatic rings. The number of carbonyl (C=O) groups is 2. The number of likely N-dealkylation sites (N-methyl/N-ethyl adjacent to an activating group) is 1. The Morgan fingerprint density at radius 1 is 1.44 bits per heavy atom. The van der Waals surface area contributed by atoms with Crippen LogP contribution in [0.5, 0.6) is 0 Å². The van der Waals surface area contributed by atoms with E-state index in [2.05, 4.69) is 0 Å². The van der Waals surface area contributed by atoms with Gasteiger partial charge >= 0.3 is 0 Å². The number of thiophene rings is 1. The summed E-state index contributed by atoms with van der Waals surface area (Å²) in [4.78, 5) is 28.9. The third kappa shape index (κ3) is 2.48. The Kier molecular flexibility index (Phi) is 3.56. The average Bonchev–Trinajstić information content (AvgIpc) is 2.56. The lowest BCUT2D eigenvalue weighted by atomic mass is 10.3. The molecule has 1 fully saturated rings. The topological polar surface area (TPSA) is 66.6 Å². The normalized spacial score (nSPS) is 16.9. The van der Waals surface area contributed by atoms with Gasteiger partial charge in [0.25, 0.3) is 5.91 Å². The highest BCUT2D eigenvalue weighted by molar-refractivity contribution is 7.14. The molecule has 0 unspecified atom stereocenters. The molecule has 1 aliphatic rings. The Bertz CT molecular complexity index is 464. The number of carbonyl (C=O) groups excluding carboxylic acids is 2. The van der Waals surface area contributed by atoms with Gasteiger partial charge in [-0.15, -0.1) is 11.3 Å². The minimum atomic E-state index is -0.0940. The van der Waals surface area contributed by atoms with E-state index in [4.69, 9.17) is 5.73 Å². The van der Waals surface area contributed by atoms with E-state index in [9.17, 15) is 9.59 Å². The molecule has 0 atom stereocenters. The van der Waals surface area contributed by atoms with Crippen molar-refractivity contribution in [1.82, 2.24) is 9.80 Å².